The number of rotatable bonds is 5. The van der Waals surface area contributed by atoms with Crippen LogP contribution >= 0.6 is 0 Å². The number of hydrogen-bond donors (Lipinski definition) is 1. The number of aromatic nitrogens is 2. The number of hydrogen-bond acceptors (Lipinski definition) is 2. The van der Waals surface area contributed by atoms with Gasteiger partial charge in [-0.2, -0.15) is 5.10 Å². The maximum absolute atomic E-state index is 13.0. The fraction of sp³-hybridized carbons (Fsp3) is 0.308. The lowest BCUT2D eigenvalue weighted by molar-refractivity contribution is 0.554. The van der Waals surface area contributed by atoms with Crippen LogP contribution in [0.5, 0.6) is 0 Å². The van der Waals surface area contributed by atoms with Gasteiger partial charge in [0, 0.05) is 25.5 Å². The van der Waals surface area contributed by atoms with Crippen LogP contribution in [0, 0.1) is 12.7 Å². The van der Waals surface area contributed by atoms with E-state index in [9.17, 15) is 4.39 Å². The minimum Gasteiger partial charge on any atom is -0.311 e. The van der Waals surface area contributed by atoms with Crippen molar-refractivity contribution in [1.82, 2.24) is 15.1 Å². The highest BCUT2D eigenvalue weighted by atomic mass is 19.1. The topological polar surface area (TPSA) is 29.9 Å². The lowest BCUT2D eigenvalue weighted by Crippen LogP contribution is -2.19. The molecule has 4 heteroatoms. The molecule has 1 aromatic heterocycles. The van der Waals surface area contributed by atoms with E-state index in [1.807, 2.05) is 29.1 Å². The normalized spacial score (nSPS) is 10.7. The van der Waals surface area contributed by atoms with Crippen molar-refractivity contribution in [1.29, 1.82) is 0 Å². The van der Waals surface area contributed by atoms with Crippen molar-refractivity contribution in [2.24, 2.45) is 0 Å². The van der Waals surface area contributed by atoms with Crippen LogP contribution in [0.25, 0.3) is 0 Å². The Morgan fingerprint density at radius 2 is 2.29 bits per heavy atom. The molecule has 0 saturated carbocycles. The molecule has 0 fully saturated rings. The zero-order valence-corrected chi connectivity index (χ0v) is 9.86. The Labute approximate surface area is 100 Å². The molecule has 0 spiro atoms. The van der Waals surface area contributed by atoms with Gasteiger partial charge in [-0.1, -0.05) is 12.1 Å². The van der Waals surface area contributed by atoms with E-state index in [0.717, 1.165) is 25.2 Å². The Morgan fingerprint density at radius 1 is 1.41 bits per heavy atom. The van der Waals surface area contributed by atoms with E-state index in [-0.39, 0.29) is 5.82 Å². The minimum atomic E-state index is -0.148. The van der Waals surface area contributed by atoms with Gasteiger partial charge < -0.3 is 5.32 Å². The second kappa shape index (κ2) is 5.59. The maximum atomic E-state index is 13.0. The molecule has 0 aliphatic rings. The van der Waals surface area contributed by atoms with E-state index in [1.165, 1.54) is 6.07 Å². The van der Waals surface area contributed by atoms with Crippen LogP contribution in [-0.4, -0.2) is 16.3 Å². The Kier molecular flexibility index (Phi) is 3.88. The Hall–Kier alpha value is -1.68. The summed E-state index contributed by atoms with van der Waals surface area (Å²) < 4.78 is 14.9. The molecule has 1 heterocycles. The predicted molar refractivity (Wildman–Crippen MR) is 65.1 cm³/mol. The number of nitrogens with zero attached hydrogens (tertiary/aromatic N) is 2. The van der Waals surface area contributed by atoms with Crippen molar-refractivity contribution in [3.8, 4) is 0 Å². The molecule has 0 saturated heterocycles. The number of halogens is 1. The highest BCUT2D eigenvalue weighted by Crippen LogP contribution is 2.08. The van der Waals surface area contributed by atoms with Crippen molar-refractivity contribution in [2.75, 3.05) is 6.54 Å². The smallest absolute Gasteiger partial charge is 0.126 e. The molecule has 1 aromatic carbocycles. The molecule has 90 valence electrons. The monoisotopic (exact) mass is 233 g/mol. The van der Waals surface area contributed by atoms with Crippen LogP contribution in [0.2, 0.25) is 0 Å². The SMILES string of the molecule is Cc1cc(CNCCn2cccn2)ccc1F. The predicted octanol–water partition coefficient (Wildman–Crippen LogP) is 2.12. The quantitative estimate of drug-likeness (QED) is 0.802. The summed E-state index contributed by atoms with van der Waals surface area (Å²) in [7, 11) is 0. The van der Waals surface area contributed by atoms with Crippen LogP contribution in [-0.2, 0) is 13.1 Å². The third-order valence-electron chi connectivity index (χ3n) is 2.63. The van der Waals surface area contributed by atoms with Gasteiger partial charge in [-0.15, -0.1) is 0 Å². The third-order valence-corrected chi connectivity index (χ3v) is 2.63. The molecule has 0 amide bonds. The largest absolute Gasteiger partial charge is 0.311 e. The van der Waals surface area contributed by atoms with Gasteiger partial charge in [-0.05, 0) is 30.2 Å². The van der Waals surface area contributed by atoms with E-state index >= 15 is 0 Å². The fourth-order valence-electron chi connectivity index (χ4n) is 1.68. The van der Waals surface area contributed by atoms with Crippen molar-refractivity contribution >= 4 is 0 Å². The molecule has 3 nitrogen and oxygen atoms in total. The molecule has 0 bridgehead atoms. The van der Waals surface area contributed by atoms with Crippen molar-refractivity contribution in [3.05, 3.63) is 53.6 Å². The number of aryl methyl sites for hydroxylation is 1. The summed E-state index contributed by atoms with van der Waals surface area (Å²) in [6.07, 6.45) is 3.70. The first-order chi connectivity index (χ1) is 8.25. The van der Waals surface area contributed by atoms with E-state index < -0.39 is 0 Å². The third kappa shape index (κ3) is 3.39. The summed E-state index contributed by atoms with van der Waals surface area (Å²) in [5.41, 5.74) is 1.79. The summed E-state index contributed by atoms with van der Waals surface area (Å²) in [6, 6.07) is 7.10. The average molecular weight is 233 g/mol. The zero-order valence-electron chi connectivity index (χ0n) is 9.86. The van der Waals surface area contributed by atoms with Gasteiger partial charge in [0.05, 0.1) is 6.54 Å². The number of nitrogens with one attached hydrogen (secondary N) is 1. The number of benzene rings is 1. The van der Waals surface area contributed by atoms with E-state index in [1.54, 1.807) is 13.1 Å². The van der Waals surface area contributed by atoms with Gasteiger partial charge in [-0.3, -0.25) is 4.68 Å². The van der Waals surface area contributed by atoms with E-state index in [0.29, 0.717) is 5.56 Å². The van der Waals surface area contributed by atoms with Crippen LogP contribution in [0.4, 0.5) is 4.39 Å². The molecule has 0 aliphatic heterocycles. The molecular weight excluding hydrogens is 217 g/mol. The first-order valence-electron chi connectivity index (χ1n) is 5.69. The fourth-order valence-corrected chi connectivity index (χ4v) is 1.68. The van der Waals surface area contributed by atoms with Crippen molar-refractivity contribution in [2.45, 2.75) is 20.0 Å². The first kappa shape index (κ1) is 11.8. The summed E-state index contributed by atoms with van der Waals surface area (Å²) in [6.45, 7) is 4.22. The second-order valence-electron chi connectivity index (χ2n) is 4.03. The molecule has 2 aromatic rings. The van der Waals surface area contributed by atoms with Crippen molar-refractivity contribution < 1.29 is 4.39 Å². The standard InChI is InChI=1S/C13H16FN3/c1-11-9-12(3-4-13(11)14)10-15-6-8-17-7-2-5-16-17/h2-5,7,9,15H,6,8,10H2,1H3. The Bertz CT molecular complexity index is 466. The molecular formula is C13H16FN3. The summed E-state index contributed by atoms with van der Waals surface area (Å²) in [5.74, 6) is -0.148. The van der Waals surface area contributed by atoms with Crippen LogP contribution < -0.4 is 5.32 Å². The lowest BCUT2D eigenvalue weighted by atomic mass is 10.1. The summed E-state index contributed by atoms with van der Waals surface area (Å²) in [5, 5.41) is 7.42. The second-order valence-corrected chi connectivity index (χ2v) is 4.03. The van der Waals surface area contributed by atoms with Gasteiger partial charge >= 0.3 is 0 Å². The molecule has 0 unspecified atom stereocenters. The molecule has 1 N–H and O–H groups in total. The van der Waals surface area contributed by atoms with E-state index in [2.05, 4.69) is 10.4 Å². The van der Waals surface area contributed by atoms with Gasteiger partial charge in [0.2, 0.25) is 0 Å². The minimum absolute atomic E-state index is 0.148. The van der Waals surface area contributed by atoms with Crippen LogP contribution in [0.1, 0.15) is 11.1 Å². The van der Waals surface area contributed by atoms with Gasteiger partial charge in [0.25, 0.3) is 0 Å². The van der Waals surface area contributed by atoms with E-state index in [4.69, 9.17) is 0 Å². The molecule has 0 atom stereocenters. The molecule has 2 rings (SSSR count). The maximum Gasteiger partial charge on any atom is 0.126 e. The highest BCUT2D eigenvalue weighted by molar-refractivity contribution is 5.23. The summed E-state index contributed by atoms with van der Waals surface area (Å²) >= 11 is 0. The first-order valence-corrected chi connectivity index (χ1v) is 5.69. The molecule has 17 heavy (non-hydrogen) atoms. The van der Waals surface area contributed by atoms with Gasteiger partial charge in [-0.25, -0.2) is 4.39 Å². The molecule has 0 aliphatic carbocycles. The summed E-state index contributed by atoms with van der Waals surface area (Å²) in [4.78, 5) is 0. The zero-order chi connectivity index (χ0) is 12.1. The Morgan fingerprint density at radius 3 is 3.00 bits per heavy atom. The van der Waals surface area contributed by atoms with Gasteiger partial charge in [0.15, 0.2) is 0 Å². The van der Waals surface area contributed by atoms with Crippen molar-refractivity contribution in [3.63, 3.8) is 0 Å². The van der Waals surface area contributed by atoms with Gasteiger partial charge in [0.1, 0.15) is 5.82 Å². The van der Waals surface area contributed by atoms with Crippen LogP contribution in [0.15, 0.2) is 36.7 Å². The lowest BCUT2D eigenvalue weighted by Gasteiger charge is -2.06. The average Bonchev–Trinajstić information content (AvgIpc) is 2.82. The van der Waals surface area contributed by atoms with Crippen LogP contribution in [0.3, 0.4) is 0 Å². The Balaban J connectivity index is 1.76. The molecule has 0 radical (unpaired) electrons. The highest BCUT2D eigenvalue weighted by Gasteiger charge is 1.98.